The number of rotatable bonds is 7. The standard InChI is InChI=1S/C26H29F3N4O/c1-32-18-21(17-31-32)24(34)30-19-25(22-8-3-2-4-9-22)12-15-33(16-13-25)14-11-20-7-5-6-10-23(20)26(27,28)29/h2-10,17-18H,11-16,19H2,1H3,(H,30,34). The molecular weight excluding hydrogens is 441 g/mol. The highest BCUT2D eigenvalue weighted by Gasteiger charge is 2.37. The van der Waals surface area contributed by atoms with Crippen LogP contribution in [0.5, 0.6) is 0 Å². The molecule has 8 heteroatoms. The fraction of sp³-hybridized carbons (Fsp3) is 0.385. The van der Waals surface area contributed by atoms with Crippen molar-refractivity contribution in [2.45, 2.75) is 30.9 Å². The number of halogens is 3. The number of hydrogen-bond donors (Lipinski definition) is 1. The number of piperidine rings is 1. The summed E-state index contributed by atoms with van der Waals surface area (Å²) in [6, 6.07) is 16.0. The third-order valence-corrected chi connectivity index (χ3v) is 6.77. The molecule has 4 rings (SSSR count). The molecule has 34 heavy (non-hydrogen) atoms. The highest BCUT2D eigenvalue weighted by atomic mass is 19.4. The Bertz CT molecular complexity index is 1100. The van der Waals surface area contributed by atoms with Crippen LogP contribution in [0, 0.1) is 0 Å². The Morgan fingerprint density at radius 3 is 2.38 bits per heavy atom. The van der Waals surface area contributed by atoms with E-state index in [-0.39, 0.29) is 11.3 Å². The van der Waals surface area contributed by atoms with E-state index in [1.807, 2.05) is 18.2 Å². The van der Waals surface area contributed by atoms with Crippen molar-refractivity contribution in [3.05, 3.63) is 89.2 Å². The van der Waals surface area contributed by atoms with Crippen LogP contribution in [-0.4, -0.2) is 46.8 Å². The van der Waals surface area contributed by atoms with Crippen LogP contribution in [0.3, 0.4) is 0 Å². The van der Waals surface area contributed by atoms with Gasteiger partial charge in [0.05, 0.1) is 17.3 Å². The Hall–Kier alpha value is -3.13. The molecule has 0 aliphatic carbocycles. The highest BCUT2D eigenvalue weighted by Crippen LogP contribution is 2.36. The lowest BCUT2D eigenvalue weighted by Crippen LogP contribution is -2.49. The van der Waals surface area contributed by atoms with Gasteiger partial charge in [0.2, 0.25) is 0 Å². The molecule has 5 nitrogen and oxygen atoms in total. The zero-order chi connectivity index (χ0) is 24.2. The molecule has 2 heterocycles. The van der Waals surface area contributed by atoms with Gasteiger partial charge in [0.15, 0.2) is 0 Å². The summed E-state index contributed by atoms with van der Waals surface area (Å²) in [6.45, 7) is 2.58. The number of alkyl halides is 3. The van der Waals surface area contributed by atoms with Crippen molar-refractivity contribution in [1.82, 2.24) is 20.0 Å². The molecule has 0 bridgehead atoms. The Morgan fingerprint density at radius 2 is 1.74 bits per heavy atom. The number of aromatic nitrogens is 2. The van der Waals surface area contributed by atoms with E-state index in [1.54, 1.807) is 36.3 Å². The molecule has 3 aromatic rings. The van der Waals surface area contributed by atoms with Crippen molar-refractivity contribution in [3.63, 3.8) is 0 Å². The first-order chi connectivity index (χ1) is 16.3. The second-order valence-electron chi connectivity index (χ2n) is 8.98. The molecular formula is C26H29F3N4O. The third-order valence-electron chi connectivity index (χ3n) is 6.77. The fourth-order valence-corrected chi connectivity index (χ4v) is 4.75. The van der Waals surface area contributed by atoms with Crippen LogP contribution in [0.4, 0.5) is 13.2 Å². The van der Waals surface area contributed by atoms with E-state index in [1.165, 1.54) is 11.6 Å². The van der Waals surface area contributed by atoms with E-state index in [0.717, 1.165) is 32.0 Å². The Labute approximate surface area is 197 Å². The van der Waals surface area contributed by atoms with Crippen molar-refractivity contribution in [1.29, 1.82) is 0 Å². The monoisotopic (exact) mass is 470 g/mol. The first-order valence-electron chi connectivity index (χ1n) is 11.5. The second-order valence-corrected chi connectivity index (χ2v) is 8.98. The molecule has 1 N–H and O–H groups in total. The summed E-state index contributed by atoms with van der Waals surface area (Å²) in [5.41, 5.74) is 1.25. The number of nitrogens with one attached hydrogen (secondary N) is 1. The molecule has 0 saturated carbocycles. The lowest BCUT2D eigenvalue weighted by Gasteiger charge is -2.42. The summed E-state index contributed by atoms with van der Waals surface area (Å²) >= 11 is 0. The molecule has 0 unspecified atom stereocenters. The van der Waals surface area contributed by atoms with E-state index in [4.69, 9.17) is 0 Å². The second kappa shape index (κ2) is 10.0. The maximum atomic E-state index is 13.3. The van der Waals surface area contributed by atoms with Crippen molar-refractivity contribution in [3.8, 4) is 0 Å². The number of hydrogen-bond acceptors (Lipinski definition) is 3. The SMILES string of the molecule is Cn1cc(C(=O)NCC2(c3ccccc3)CCN(CCc3ccccc3C(F)(F)F)CC2)cn1. The maximum Gasteiger partial charge on any atom is 0.416 e. The van der Waals surface area contributed by atoms with Crippen LogP contribution in [0.15, 0.2) is 67.0 Å². The number of amides is 1. The summed E-state index contributed by atoms with van der Waals surface area (Å²) in [4.78, 5) is 14.9. The van der Waals surface area contributed by atoms with Crippen molar-refractivity contribution >= 4 is 5.91 Å². The summed E-state index contributed by atoms with van der Waals surface area (Å²) in [5, 5.41) is 7.15. The van der Waals surface area contributed by atoms with Gasteiger partial charge in [-0.3, -0.25) is 9.48 Å². The quantitative estimate of drug-likeness (QED) is 0.555. The number of nitrogens with zero attached hydrogens (tertiary/aromatic N) is 3. The number of benzene rings is 2. The molecule has 1 aliphatic heterocycles. The van der Waals surface area contributed by atoms with E-state index in [0.29, 0.717) is 30.6 Å². The third kappa shape index (κ3) is 5.50. The van der Waals surface area contributed by atoms with Gasteiger partial charge in [-0.15, -0.1) is 0 Å². The normalized spacial score (nSPS) is 16.4. The van der Waals surface area contributed by atoms with Gasteiger partial charge in [-0.1, -0.05) is 48.5 Å². The van der Waals surface area contributed by atoms with Crippen molar-refractivity contribution in [2.24, 2.45) is 7.05 Å². The van der Waals surface area contributed by atoms with E-state index in [2.05, 4.69) is 27.4 Å². The fourth-order valence-electron chi connectivity index (χ4n) is 4.75. The average Bonchev–Trinajstić information content (AvgIpc) is 3.28. The average molecular weight is 471 g/mol. The predicted octanol–water partition coefficient (Wildman–Crippen LogP) is 4.45. The molecule has 0 spiro atoms. The van der Waals surface area contributed by atoms with Crippen LogP contribution in [-0.2, 0) is 25.1 Å². The first-order valence-corrected chi connectivity index (χ1v) is 11.5. The molecule has 1 aliphatic rings. The summed E-state index contributed by atoms with van der Waals surface area (Å²) in [6.07, 6.45) is 0.869. The van der Waals surface area contributed by atoms with Gasteiger partial charge < -0.3 is 10.2 Å². The van der Waals surface area contributed by atoms with Crippen LogP contribution in [0.2, 0.25) is 0 Å². The largest absolute Gasteiger partial charge is 0.416 e. The van der Waals surface area contributed by atoms with E-state index < -0.39 is 11.7 Å². The van der Waals surface area contributed by atoms with Crippen LogP contribution >= 0.6 is 0 Å². The van der Waals surface area contributed by atoms with Crippen molar-refractivity contribution < 1.29 is 18.0 Å². The minimum absolute atomic E-state index is 0.158. The van der Waals surface area contributed by atoms with Gasteiger partial charge in [0.25, 0.3) is 5.91 Å². The van der Waals surface area contributed by atoms with Gasteiger partial charge in [-0.25, -0.2) is 0 Å². The number of aryl methyl sites for hydroxylation is 1. The Balaban J connectivity index is 1.41. The maximum absolute atomic E-state index is 13.3. The van der Waals surface area contributed by atoms with E-state index in [9.17, 15) is 18.0 Å². The smallest absolute Gasteiger partial charge is 0.351 e. The Morgan fingerprint density at radius 1 is 1.06 bits per heavy atom. The van der Waals surface area contributed by atoms with Crippen LogP contribution in [0.25, 0.3) is 0 Å². The lowest BCUT2D eigenvalue weighted by atomic mass is 9.72. The van der Waals surface area contributed by atoms with Gasteiger partial charge >= 0.3 is 6.18 Å². The minimum Gasteiger partial charge on any atom is -0.351 e. The molecule has 0 radical (unpaired) electrons. The van der Waals surface area contributed by atoms with E-state index >= 15 is 0 Å². The van der Waals surface area contributed by atoms with Crippen LogP contribution < -0.4 is 5.32 Å². The molecule has 180 valence electrons. The minimum atomic E-state index is -4.34. The predicted molar refractivity (Wildman–Crippen MR) is 124 cm³/mol. The number of carbonyl (C=O) groups excluding carboxylic acids is 1. The molecule has 0 atom stereocenters. The molecule has 1 amide bonds. The van der Waals surface area contributed by atoms with Gasteiger partial charge in [-0.2, -0.15) is 18.3 Å². The number of carbonyl (C=O) groups is 1. The first kappa shape index (κ1) is 24.0. The molecule has 1 aromatic heterocycles. The number of likely N-dealkylation sites (tertiary alicyclic amines) is 1. The zero-order valence-electron chi connectivity index (χ0n) is 19.2. The van der Waals surface area contributed by atoms with Gasteiger partial charge in [-0.05, 0) is 49.5 Å². The Kier molecular flexibility index (Phi) is 7.07. The van der Waals surface area contributed by atoms with Gasteiger partial charge in [0, 0.05) is 31.7 Å². The summed E-state index contributed by atoms with van der Waals surface area (Å²) < 4.78 is 41.6. The van der Waals surface area contributed by atoms with Gasteiger partial charge in [0.1, 0.15) is 0 Å². The summed E-state index contributed by atoms with van der Waals surface area (Å²) in [5.74, 6) is -0.158. The summed E-state index contributed by atoms with van der Waals surface area (Å²) in [7, 11) is 1.77. The lowest BCUT2D eigenvalue weighted by molar-refractivity contribution is -0.138. The van der Waals surface area contributed by atoms with Crippen LogP contribution in [0.1, 0.15) is 39.9 Å². The molecule has 1 fully saturated rings. The van der Waals surface area contributed by atoms with Crippen molar-refractivity contribution in [2.75, 3.05) is 26.2 Å². The topological polar surface area (TPSA) is 50.2 Å². The molecule has 2 aromatic carbocycles. The highest BCUT2D eigenvalue weighted by molar-refractivity contribution is 5.93. The zero-order valence-corrected chi connectivity index (χ0v) is 19.2. The molecule has 1 saturated heterocycles.